The first-order chi connectivity index (χ1) is 22.6. The Morgan fingerprint density at radius 2 is 1.51 bits per heavy atom. The van der Waals surface area contributed by atoms with Crippen LogP contribution in [-0.4, -0.2) is 16.9 Å². The van der Waals surface area contributed by atoms with E-state index >= 15 is 0 Å². The topological polar surface area (TPSA) is 55.4 Å². The van der Waals surface area contributed by atoms with Gasteiger partial charge in [-0.3, -0.25) is 9.59 Å². The first-order valence-corrected chi connectivity index (χ1v) is 17.9. The molecule has 0 aromatic heterocycles. The van der Waals surface area contributed by atoms with Crippen LogP contribution in [0.25, 0.3) is 32.7 Å². The molecular formula is C39H29Br4NO3. The number of halogens is 4. The number of carbonyl (C=O) groups is 2. The SMILES string of the molecule is C\C=C/C(=C\C=C(C=O)/C=C/Br)Nc1ccc2cc(Br)ccc2c1-c1c(OC2=CC(C)(Br)C=C(C=O)C=C2)ccc2cc(Br)ccc12. The summed E-state index contributed by atoms with van der Waals surface area (Å²) in [7, 11) is 0. The molecule has 47 heavy (non-hydrogen) atoms. The molecule has 4 nitrogen and oxygen atoms in total. The second-order valence-electron chi connectivity index (χ2n) is 10.9. The number of fused-ring (bicyclic) bond motifs is 2. The van der Waals surface area contributed by atoms with Crippen LogP contribution in [-0.2, 0) is 9.59 Å². The van der Waals surface area contributed by atoms with Crippen LogP contribution < -0.4 is 10.1 Å². The van der Waals surface area contributed by atoms with Crippen LogP contribution in [0.15, 0.2) is 152 Å². The number of aldehydes is 2. The maximum atomic E-state index is 11.7. The van der Waals surface area contributed by atoms with E-state index in [1.807, 2.05) is 74.6 Å². The van der Waals surface area contributed by atoms with Crippen molar-refractivity contribution in [2.45, 2.75) is 18.2 Å². The van der Waals surface area contributed by atoms with Gasteiger partial charge in [0.15, 0.2) is 0 Å². The predicted octanol–water partition coefficient (Wildman–Crippen LogP) is 12.2. The van der Waals surface area contributed by atoms with Gasteiger partial charge in [0.05, 0.1) is 4.32 Å². The van der Waals surface area contributed by atoms with Crippen molar-refractivity contribution in [1.29, 1.82) is 0 Å². The monoisotopic (exact) mass is 875 g/mol. The average Bonchev–Trinajstić information content (AvgIpc) is 3.19. The number of carbonyl (C=O) groups excluding carboxylic acids is 2. The highest BCUT2D eigenvalue weighted by atomic mass is 79.9. The minimum absolute atomic E-state index is 0.514. The third-order valence-corrected chi connectivity index (χ3v) is 9.03. The van der Waals surface area contributed by atoms with Crippen LogP contribution >= 0.6 is 63.7 Å². The molecule has 4 aromatic rings. The maximum Gasteiger partial charge on any atom is 0.150 e. The normalized spacial score (nSPS) is 17.2. The Balaban J connectivity index is 1.79. The lowest BCUT2D eigenvalue weighted by atomic mass is 9.91. The number of alkyl halides is 1. The van der Waals surface area contributed by atoms with Gasteiger partial charge in [0.2, 0.25) is 0 Å². The van der Waals surface area contributed by atoms with Gasteiger partial charge in [-0.25, -0.2) is 0 Å². The predicted molar refractivity (Wildman–Crippen MR) is 210 cm³/mol. The van der Waals surface area contributed by atoms with Crippen molar-refractivity contribution >= 4 is 104 Å². The highest BCUT2D eigenvalue weighted by molar-refractivity contribution is 9.11. The molecule has 236 valence electrons. The molecule has 5 rings (SSSR count). The summed E-state index contributed by atoms with van der Waals surface area (Å²) in [6.07, 6.45) is 18.2. The summed E-state index contributed by atoms with van der Waals surface area (Å²) in [5.74, 6) is 1.24. The Labute approximate surface area is 307 Å². The van der Waals surface area contributed by atoms with E-state index in [-0.39, 0.29) is 0 Å². The van der Waals surface area contributed by atoms with Crippen LogP contribution in [0, 0.1) is 0 Å². The molecule has 0 fully saturated rings. The molecule has 0 saturated heterocycles. The van der Waals surface area contributed by atoms with E-state index in [0.29, 0.717) is 22.7 Å². The minimum Gasteiger partial charge on any atom is -0.457 e. The van der Waals surface area contributed by atoms with E-state index in [2.05, 4.69) is 105 Å². The molecule has 0 radical (unpaired) electrons. The summed E-state index contributed by atoms with van der Waals surface area (Å²) in [6.45, 7) is 3.91. The van der Waals surface area contributed by atoms with Crippen LogP contribution in [0.2, 0.25) is 0 Å². The zero-order valence-electron chi connectivity index (χ0n) is 25.4. The van der Waals surface area contributed by atoms with Crippen molar-refractivity contribution in [2.24, 2.45) is 0 Å². The van der Waals surface area contributed by atoms with Gasteiger partial charge in [-0.15, -0.1) is 0 Å². The lowest BCUT2D eigenvalue weighted by Gasteiger charge is -2.21. The van der Waals surface area contributed by atoms with Gasteiger partial charge in [0.25, 0.3) is 0 Å². The maximum absolute atomic E-state index is 11.7. The summed E-state index contributed by atoms with van der Waals surface area (Å²) in [6, 6.07) is 20.6. The fraction of sp³-hybridized carbons (Fsp3) is 0.0769. The number of rotatable bonds is 10. The van der Waals surface area contributed by atoms with E-state index in [1.165, 1.54) is 0 Å². The number of nitrogens with one attached hydrogen (secondary N) is 1. The molecule has 4 aromatic carbocycles. The zero-order valence-corrected chi connectivity index (χ0v) is 31.8. The molecule has 1 aliphatic rings. The second kappa shape index (κ2) is 15.6. The lowest BCUT2D eigenvalue weighted by Crippen LogP contribution is -2.10. The number of allylic oxidation sites excluding steroid dienone is 11. The molecule has 1 aliphatic carbocycles. The smallest absolute Gasteiger partial charge is 0.150 e. The molecular weight excluding hydrogens is 850 g/mol. The van der Waals surface area contributed by atoms with Crippen molar-refractivity contribution in [3.8, 4) is 16.9 Å². The summed E-state index contributed by atoms with van der Waals surface area (Å²) in [5, 5.41) is 7.73. The highest BCUT2D eigenvalue weighted by Crippen LogP contribution is 2.46. The number of hydrogen-bond acceptors (Lipinski definition) is 4. The Morgan fingerprint density at radius 1 is 0.830 bits per heavy atom. The van der Waals surface area contributed by atoms with E-state index in [1.54, 1.807) is 23.2 Å². The Morgan fingerprint density at radius 3 is 2.15 bits per heavy atom. The molecule has 1 atom stereocenters. The van der Waals surface area contributed by atoms with Gasteiger partial charge >= 0.3 is 0 Å². The Bertz CT molecular complexity index is 2100. The van der Waals surface area contributed by atoms with Gasteiger partial charge in [0.1, 0.15) is 24.1 Å². The second-order valence-corrected chi connectivity index (χ2v) is 14.9. The fourth-order valence-electron chi connectivity index (χ4n) is 5.35. The lowest BCUT2D eigenvalue weighted by molar-refractivity contribution is -0.105. The molecule has 1 N–H and O–H groups in total. The number of anilines is 1. The summed E-state index contributed by atoms with van der Waals surface area (Å²) >= 11 is 14.3. The van der Waals surface area contributed by atoms with E-state index < -0.39 is 4.32 Å². The van der Waals surface area contributed by atoms with E-state index in [9.17, 15) is 9.59 Å². The largest absolute Gasteiger partial charge is 0.457 e. The van der Waals surface area contributed by atoms with E-state index in [0.717, 1.165) is 65.6 Å². The van der Waals surface area contributed by atoms with Crippen LogP contribution in [0.3, 0.4) is 0 Å². The van der Waals surface area contributed by atoms with Crippen molar-refractivity contribution < 1.29 is 14.3 Å². The standard InChI is InChI=1S/C39H29Br4NO3/c1-3-4-31(11-5-25(23-45)17-18-40)44-35-15-7-27-19-29(41)9-13-33(27)37(35)38-34-14-10-30(42)20-28(34)8-16-36(38)47-32-12-6-26(24-46)21-39(2,43)22-32/h3-24,44H,1-2H3/b4-3-,18-17+,25-5+,31-11+. The molecule has 0 heterocycles. The molecule has 0 spiro atoms. The minimum atomic E-state index is -0.591. The quantitative estimate of drug-likeness (QED) is 0.0746. The molecule has 0 aliphatic heterocycles. The number of ether oxygens (including phenoxy) is 1. The van der Waals surface area contributed by atoms with Gasteiger partial charge in [-0.05, 0) is 119 Å². The zero-order chi connectivity index (χ0) is 33.6. The van der Waals surface area contributed by atoms with Crippen molar-refractivity contribution in [1.82, 2.24) is 0 Å². The van der Waals surface area contributed by atoms with Crippen LogP contribution in [0.4, 0.5) is 5.69 Å². The third kappa shape index (κ3) is 8.49. The van der Waals surface area contributed by atoms with Gasteiger partial charge in [-0.2, -0.15) is 0 Å². The first kappa shape index (κ1) is 34.8. The third-order valence-electron chi connectivity index (χ3n) is 7.32. The van der Waals surface area contributed by atoms with Gasteiger partial charge in [0, 0.05) is 42.6 Å². The molecule has 0 amide bonds. The van der Waals surface area contributed by atoms with Gasteiger partial charge in [-0.1, -0.05) is 100 Å². The highest BCUT2D eigenvalue weighted by Gasteiger charge is 2.22. The van der Waals surface area contributed by atoms with E-state index in [4.69, 9.17) is 4.74 Å². The number of hydrogen-bond donors (Lipinski definition) is 1. The van der Waals surface area contributed by atoms with Crippen LogP contribution in [0.1, 0.15) is 13.8 Å². The van der Waals surface area contributed by atoms with Crippen molar-refractivity contribution in [3.63, 3.8) is 0 Å². The molecule has 0 bridgehead atoms. The summed E-state index contributed by atoms with van der Waals surface area (Å²) in [4.78, 5) is 24.9. The van der Waals surface area contributed by atoms with Gasteiger partial charge < -0.3 is 10.1 Å². The fourth-order valence-corrected chi connectivity index (χ4v) is 6.90. The molecule has 0 saturated carbocycles. The average molecular weight is 879 g/mol. The molecule has 8 heteroatoms. The van der Waals surface area contributed by atoms with Crippen LogP contribution in [0.5, 0.6) is 5.75 Å². The summed E-state index contributed by atoms with van der Waals surface area (Å²) < 4.78 is 8.09. The number of benzene rings is 4. The Kier molecular flexibility index (Phi) is 11.5. The molecule has 1 unspecified atom stereocenters. The van der Waals surface area contributed by atoms with Crippen molar-refractivity contribution in [2.75, 3.05) is 5.32 Å². The first-order valence-electron chi connectivity index (χ1n) is 14.6. The van der Waals surface area contributed by atoms with Crippen molar-refractivity contribution in [3.05, 3.63) is 152 Å². The Hall–Kier alpha value is -3.56. The summed E-state index contributed by atoms with van der Waals surface area (Å²) in [5.41, 5.74) is 4.54.